The molecule has 0 bridgehead atoms. The Labute approximate surface area is 109 Å². The molecule has 0 saturated carbocycles. The molecule has 2 atom stereocenters. The zero-order chi connectivity index (χ0) is 13.1. The van der Waals surface area contributed by atoms with Gasteiger partial charge in [-0.1, -0.05) is 11.6 Å². The maximum Gasteiger partial charge on any atom is 0.309 e. The van der Waals surface area contributed by atoms with Crippen molar-refractivity contribution in [2.75, 3.05) is 5.32 Å². The van der Waals surface area contributed by atoms with Gasteiger partial charge in [0.15, 0.2) is 0 Å². The molecule has 0 spiro atoms. The van der Waals surface area contributed by atoms with Crippen LogP contribution in [0.3, 0.4) is 0 Å². The van der Waals surface area contributed by atoms with Gasteiger partial charge in [0.1, 0.15) is 5.82 Å². The van der Waals surface area contributed by atoms with E-state index in [1.54, 1.807) is 12.1 Å². The van der Waals surface area contributed by atoms with Gasteiger partial charge < -0.3 is 10.1 Å². The predicted molar refractivity (Wildman–Crippen MR) is 66.2 cm³/mol. The molecule has 2 heterocycles. The van der Waals surface area contributed by atoms with Crippen molar-refractivity contribution < 1.29 is 14.3 Å². The summed E-state index contributed by atoms with van der Waals surface area (Å²) >= 11 is 5.68. The van der Waals surface area contributed by atoms with Crippen molar-refractivity contribution in [3.8, 4) is 0 Å². The smallest absolute Gasteiger partial charge is 0.309 e. The Morgan fingerprint density at radius 2 is 2.39 bits per heavy atom. The molecule has 18 heavy (non-hydrogen) atoms. The van der Waals surface area contributed by atoms with Crippen LogP contribution in [-0.4, -0.2) is 23.0 Å². The Kier molecular flexibility index (Phi) is 3.81. The van der Waals surface area contributed by atoms with E-state index in [-0.39, 0.29) is 30.3 Å². The lowest BCUT2D eigenvalue weighted by Gasteiger charge is -2.06. The standard InChI is InChI=1S/C12H13ClN2O3/c1-7-4-8(12(17)18-7)5-11(16)15-10-3-2-9(13)6-14-10/h2-3,6-8H,4-5H2,1H3,(H,14,15,16)/t7-,8-/m0/s1. The second kappa shape index (κ2) is 5.35. The SMILES string of the molecule is C[C@H]1C[C@@H](CC(=O)Nc2ccc(Cl)cn2)C(=O)O1. The van der Waals surface area contributed by atoms with Gasteiger partial charge in [0.25, 0.3) is 0 Å². The van der Waals surface area contributed by atoms with E-state index in [0.717, 1.165) is 0 Å². The number of nitrogens with zero attached hydrogens (tertiary/aromatic N) is 1. The van der Waals surface area contributed by atoms with Crippen molar-refractivity contribution >= 4 is 29.3 Å². The maximum absolute atomic E-state index is 11.7. The Balaban J connectivity index is 1.89. The van der Waals surface area contributed by atoms with Gasteiger partial charge in [0, 0.05) is 12.6 Å². The van der Waals surface area contributed by atoms with E-state index in [2.05, 4.69) is 10.3 Å². The maximum atomic E-state index is 11.7. The molecule has 0 radical (unpaired) electrons. The third kappa shape index (κ3) is 3.20. The topological polar surface area (TPSA) is 68.3 Å². The summed E-state index contributed by atoms with van der Waals surface area (Å²) in [5, 5.41) is 3.12. The number of hydrogen-bond acceptors (Lipinski definition) is 4. The van der Waals surface area contributed by atoms with Gasteiger partial charge in [0.2, 0.25) is 5.91 Å². The predicted octanol–water partition coefficient (Wildman–Crippen LogP) is 2.02. The van der Waals surface area contributed by atoms with Gasteiger partial charge in [-0.25, -0.2) is 4.98 Å². The molecule has 1 aromatic heterocycles. The van der Waals surface area contributed by atoms with E-state index in [9.17, 15) is 9.59 Å². The number of carbonyl (C=O) groups excluding carboxylic acids is 2. The molecule has 1 N–H and O–H groups in total. The summed E-state index contributed by atoms with van der Waals surface area (Å²) in [6.07, 6.45) is 2.04. The van der Waals surface area contributed by atoms with E-state index in [0.29, 0.717) is 17.3 Å². The summed E-state index contributed by atoms with van der Waals surface area (Å²) in [4.78, 5) is 27.0. The van der Waals surface area contributed by atoms with E-state index in [1.807, 2.05) is 6.92 Å². The van der Waals surface area contributed by atoms with Crippen molar-refractivity contribution in [3.63, 3.8) is 0 Å². The first-order valence-corrected chi connectivity index (χ1v) is 6.04. The third-order valence-corrected chi connectivity index (χ3v) is 2.92. The number of carbonyl (C=O) groups is 2. The van der Waals surface area contributed by atoms with Crippen LogP contribution in [-0.2, 0) is 14.3 Å². The number of aromatic nitrogens is 1. The Bertz CT molecular complexity index is 461. The van der Waals surface area contributed by atoms with E-state index in [1.165, 1.54) is 6.20 Å². The molecule has 1 aromatic rings. The minimum atomic E-state index is -0.354. The third-order valence-electron chi connectivity index (χ3n) is 2.69. The lowest BCUT2D eigenvalue weighted by molar-refractivity contribution is -0.144. The highest BCUT2D eigenvalue weighted by molar-refractivity contribution is 6.30. The van der Waals surface area contributed by atoms with Gasteiger partial charge in [-0.3, -0.25) is 9.59 Å². The highest BCUT2D eigenvalue weighted by Gasteiger charge is 2.33. The van der Waals surface area contributed by atoms with Crippen molar-refractivity contribution in [3.05, 3.63) is 23.4 Å². The second-order valence-corrected chi connectivity index (χ2v) is 4.73. The summed E-state index contributed by atoms with van der Waals surface area (Å²) in [5.41, 5.74) is 0. The number of pyridine rings is 1. The first kappa shape index (κ1) is 12.8. The van der Waals surface area contributed by atoms with E-state index >= 15 is 0 Å². The van der Waals surface area contributed by atoms with Crippen LogP contribution < -0.4 is 5.32 Å². The largest absolute Gasteiger partial charge is 0.462 e. The fraction of sp³-hybridized carbons (Fsp3) is 0.417. The first-order valence-electron chi connectivity index (χ1n) is 5.66. The van der Waals surface area contributed by atoms with Crippen LogP contribution in [0.4, 0.5) is 5.82 Å². The molecule has 2 rings (SSSR count). The average Bonchev–Trinajstić information content (AvgIpc) is 2.61. The minimum Gasteiger partial charge on any atom is -0.462 e. The van der Waals surface area contributed by atoms with Crippen molar-refractivity contribution in [1.29, 1.82) is 0 Å². The molecule has 1 amide bonds. The molecule has 5 nitrogen and oxygen atoms in total. The number of anilines is 1. The number of esters is 1. The Hall–Kier alpha value is -1.62. The van der Waals surface area contributed by atoms with Crippen LogP contribution in [0.1, 0.15) is 19.8 Å². The minimum absolute atomic E-state index is 0.107. The molecular weight excluding hydrogens is 256 g/mol. The highest BCUT2D eigenvalue weighted by atomic mass is 35.5. The zero-order valence-corrected chi connectivity index (χ0v) is 10.6. The van der Waals surface area contributed by atoms with Crippen LogP contribution >= 0.6 is 11.6 Å². The Morgan fingerprint density at radius 1 is 1.61 bits per heavy atom. The average molecular weight is 269 g/mol. The molecule has 0 aliphatic carbocycles. The van der Waals surface area contributed by atoms with Gasteiger partial charge in [-0.15, -0.1) is 0 Å². The molecule has 96 valence electrons. The number of hydrogen-bond donors (Lipinski definition) is 1. The molecule has 0 unspecified atom stereocenters. The summed E-state index contributed by atoms with van der Waals surface area (Å²) < 4.78 is 4.99. The fourth-order valence-electron chi connectivity index (χ4n) is 1.87. The van der Waals surface area contributed by atoms with Crippen molar-refractivity contribution in [2.24, 2.45) is 5.92 Å². The van der Waals surface area contributed by atoms with Crippen LogP contribution in [0.25, 0.3) is 0 Å². The summed E-state index contributed by atoms with van der Waals surface area (Å²) in [6, 6.07) is 3.24. The first-order chi connectivity index (χ1) is 8.54. The zero-order valence-electron chi connectivity index (χ0n) is 9.85. The highest BCUT2D eigenvalue weighted by Crippen LogP contribution is 2.24. The van der Waals surface area contributed by atoms with Gasteiger partial charge in [-0.2, -0.15) is 0 Å². The molecule has 1 aliphatic rings. The van der Waals surface area contributed by atoms with E-state index in [4.69, 9.17) is 16.3 Å². The van der Waals surface area contributed by atoms with Gasteiger partial charge in [0.05, 0.1) is 17.0 Å². The van der Waals surface area contributed by atoms with Crippen LogP contribution in [0.2, 0.25) is 5.02 Å². The van der Waals surface area contributed by atoms with Gasteiger partial charge in [-0.05, 0) is 25.5 Å². The monoisotopic (exact) mass is 268 g/mol. The molecule has 1 aliphatic heterocycles. The summed E-state index contributed by atoms with van der Waals surface area (Å²) in [5.74, 6) is -0.487. The number of rotatable bonds is 3. The quantitative estimate of drug-likeness (QED) is 0.852. The number of halogens is 1. The normalized spacial score (nSPS) is 22.7. The van der Waals surface area contributed by atoms with E-state index < -0.39 is 0 Å². The number of cyclic esters (lactones) is 1. The lowest BCUT2D eigenvalue weighted by atomic mass is 10.0. The molecule has 1 saturated heterocycles. The van der Waals surface area contributed by atoms with Crippen LogP contribution in [0.15, 0.2) is 18.3 Å². The van der Waals surface area contributed by atoms with Crippen molar-refractivity contribution in [1.82, 2.24) is 4.98 Å². The fourth-order valence-corrected chi connectivity index (χ4v) is 1.99. The lowest BCUT2D eigenvalue weighted by Crippen LogP contribution is -2.19. The Morgan fingerprint density at radius 3 is 2.94 bits per heavy atom. The molecular formula is C12H13ClN2O3. The summed E-state index contributed by atoms with van der Waals surface area (Å²) in [7, 11) is 0. The molecule has 6 heteroatoms. The number of nitrogens with one attached hydrogen (secondary N) is 1. The van der Waals surface area contributed by atoms with Gasteiger partial charge >= 0.3 is 5.97 Å². The molecule has 1 fully saturated rings. The number of ether oxygens (including phenoxy) is 1. The number of amides is 1. The second-order valence-electron chi connectivity index (χ2n) is 4.29. The molecule has 0 aromatic carbocycles. The summed E-state index contributed by atoms with van der Waals surface area (Å²) in [6.45, 7) is 1.82. The van der Waals surface area contributed by atoms with Crippen LogP contribution in [0.5, 0.6) is 0 Å². The van der Waals surface area contributed by atoms with Crippen molar-refractivity contribution in [2.45, 2.75) is 25.9 Å². The van der Waals surface area contributed by atoms with Crippen LogP contribution in [0, 0.1) is 5.92 Å².